The maximum atomic E-state index is 12.7. The van der Waals surface area contributed by atoms with Crippen molar-refractivity contribution in [1.82, 2.24) is 9.29 Å². The predicted molar refractivity (Wildman–Crippen MR) is 97.1 cm³/mol. The van der Waals surface area contributed by atoms with Gasteiger partial charge in [0.25, 0.3) is 5.91 Å². The Morgan fingerprint density at radius 2 is 1.84 bits per heavy atom. The fourth-order valence-electron chi connectivity index (χ4n) is 3.19. The maximum absolute atomic E-state index is 12.7. The lowest BCUT2D eigenvalue weighted by atomic mass is 9.98. The summed E-state index contributed by atoms with van der Waals surface area (Å²) in [5, 5.41) is 2.92. The van der Waals surface area contributed by atoms with Gasteiger partial charge in [-0.2, -0.15) is 4.31 Å². The van der Waals surface area contributed by atoms with Gasteiger partial charge in [0.15, 0.2) is 0 Å². The molecule has 0 aliphatic carbocycles. The molecule has 2 aromatic rings. The summed E-state index contributed by atoms with van der Waals surface area (Å²) < 4.78 is 24.9. The lowest BCUT2D eigenvalue weighted by molar-refractivity contribution is 0.102. The molecule has 1 aliphatic rings. The Hall–Kier alpha value is -2.25. The zero-order valence-electron chi connectivity index (χ0n) is 14.5. The minimum atomic E-state index is -3.25. The molecule has 0 fully saturated rings. The van der Waals surface area contributed by atoms with Gasteiger partial charge >= 0.3 is 0 Å². The molecule has 25 heavy (non-hydrogen) atoms. The molecule has 6 nitrogen and oxygen atoms in total. The number of aromatic nitrogens is 1. The summed E-state index contributed by atoms with van der Waals surface area (Å²) in [4.78, 5) is 16.8. The molecule has 2 heterocycles. The van der Waals surface area contributed by atoms with Crippen LogP contribution in [0.5, 0.6) is 0 Å². The highest BCUT2D eigenvalue weighted by Crippen LogP contribution is 2.24. The van der Waals surface area contributed by atoms with Crippen LogP contribution in [-0.2, 0) is 23.0 Å². The number of nitrogens with one attached hydrogen (secondary N) is 1. The van der Waals surface area contributed by atoms with Crippen LogP contribution >= 0.6 is 0 Å². The highest BCUT2D eigenvalue weighted by molar-refractivity contribution is 7.88. The quantitative estimate of drug-likeness (QED) is 0.912. The van der Waals surface area contributed by atoms with Crippen molar-refractivity contribution in [2.75, 3.05) is 18.1 Å². The van der Waals surface area contributed by atoms with Crippen LogP contribution in [0.15, 0.2) is 30.6 Å². The van der Waals surface area contributed by atoms with Crippen molar-refractivity contribution in [3.8, 4) is 0 Å². The number of amides is 1. The second kappa shape index (κ2) is 6.57. The highest BCUT2D eigenvalue weighted by atomic mass is 32.2. The summed E-state index contributed by atoms with van der Waals surface area (Å²) >= 11 is 0. The predicted octanol–water partition coefficient (Wildman–Crippen LogP) is 2.27. The molecule has 1 amide bonds. The molecular weight excluding hydrogens is 338 g/mol. The van der Waals surface area contributed by atoms with Crippen LogP contribution in [0.3, 0.4) is 0 Å². The van der Waals surface area contributed by atoms with Crippen molar-refractivity contribution in [1.29, 1.82) is 0 Å². The Morgan fingerprint density at radius 3 is 2.48 bits per heavy atom. The van der Waals surface area contributed by atoms with Crippen molar-refractivity contribution < 1.29 is 13.2 Å². The van der Waals surface area contributed by atoms with Gasteiger partial charge < -0.3 is 5.32 Å². The fraction of sp³-hybridized carbons (Fsp3) is 0.333. The van der Waals surface area contributed by atoms with Gasteiger partial charge in [0.1, 0.15) is 0 Å². The lowest BCUT2D eigenvalue weighted by Crippen LogP contribution is -2.36. The molecule has 132 valence electrons. The number of sulfonamides is 1. The van der Waals surface area contributed by atoms with E-state index in [0.29, 0.717) is 18.5 Å². The first-order valence-corrected chi connectivity index (χ1v) is 9.89. The van der Waals surface area contributed by atoms with Crippen LogP contribution in [0, 0.1) is 13.8 Å². The number of rotatable bonds is 3. The maximum Gasteiger partial charge on any atom is 0.257 e. The molecule has 0 spiro atoms. The van der Waals surface area contributed by atoms with Gasteiger partial charge in [-0.1, -0.05) is 6.07 Å². The molecule has 7 heteroatoms. The SMILES string of the molecule is Cc1cc(C)cc(NC(=O)c2cncc3c2CCN(S(C)(=O)=O)C3)c1. The van der Waals surface area contributed by atoms with Gasteiger partial charge in [0.05, 0.1) is 11.8 Å². The van der Waals surface area contributed by atoms with Crippen molar-refractivity contribution in [2.45, 2.75) is 26.8 Å². The third-order valence-electron chi connectivity index (χ3n) is 4.30. The molecule has 3 rings (SSSR count). The topological polar surface area (TPSA) is 79.4 Å². The second-order valence-electron chi connectivity index (χ2n) is 6.50. The minimum Gasteiger partial charge on any atom is -0.322 e. The number of benzene rings is 1. The van der Waals surface area contributed by atoms with Crippen molar-refractivity contribution >= 4 is 21.6 Å². The number of nitrogens with zero attached hydrogens (tertiary/aromatic N) is 2. The van der Waals surface area contributed by atoms with Crippen LogP contribution < -0.4 is 5.32 Å². The number of carbonyl (C=O) groups is 1. The summed E-state index contributed by atoms with van der Waals surface area (Å²) in [6.07, 6.45) is 4.88. The van der Waals surface area contributed by atoms with Gasteiger partial charge in [-0.3, -0.25) is 9.78 Å². The number of aryl methyl sites for hydroxylation is 2. The molecule has 0 unspecified atom stereocenters. The van der Waals surface area contributed by atoms with E-state index >= 15 is 0 Å². The van der Waals surface area contributed by atoms with E-state index in [1.54, 1.807) is 12.4 Å². The van der Waals surface area contributed by atoms with E-state index in [1.165, 1.54) is 10.6 Å². The van der Waals surface area contributed by atoms with Crippen LogP contribution in [-0.4, -0.2) is 36.4 Å². The summed E-state index contributed by atoms with van der Waals surface area (Å²) in [5.74, 6) is -0.220. The van der Waals surface area contributed by atoms with E-state index in [-0.39, 0.29) is 12.5 Å². The number of carbonyl (C=O) groups excluding carboxylic acids is 1. The Bertz CT molecular complexity index is 918. The van der Waals surface area contributed by atoms with Crippen LogP contribution in [0.2, 0.25) is 0 Å². The van der Waals surface area contributed by atoms with E-state index in [1.807, 2.05) is 32.0 Å². The summed E-state index contributed by atoms with van der Waals surface area (Å²) in [5.41, 5.74) is 5.06. The second-order valence-corrected chi connectivity index (χ2v) is 8.48. The molecule has 0 saturated carbocycles. The molecular formula is C18H21N3O3S. The molecule has 0 atom stereocenters. The first kappa shape index (κ1) is 17.6. The van der Waals surface area contributed by atoms with Gasteiger partial charge in [0, 0.05) is 31.2 Å². The number of anilines is 1. The monoisotopic (exact) mass is 359 g/mol. The first-order chi connectivity index (χ1) is 11.7. The van der Waals surface area contributed by atoms with Gasteiger partial charge in [-0.25, -0.2) is 8.42 Å². The van der Waals surface area contributed by atoms with Crippen LogP contribution in [0.25, 0.3) is 0 Å². The Kier molecular flexibility index (Phi) is 4.62. The third kappa shape index (κ3) is 3.88. The molecule has 0 saturated heterocycles. The van der Waals surface area contributed by atoms with E-state index in [9.17, 15) is 13.2 Å². The Labute approximate surface area is 147 Å². The Morgan fingerprint density at radius 1 is 1.16 bits per heavy atom. The standard InChI is InChI=1S/C18H21N3O3S/c1-12-6-13(2)8-15(7-12)20-18(22)17-10-19-9-14-11-21(25(3,23)24)5-4-16(14)17/h6-10H,4-5,11H2,1-3H3,(H,20,22). The number of hydrogen-bond acceptors (Lipinski definition) is 4. The average molecular weight is 359 g/mol. The molecule has 1 aromatic heterocycles. The first-order valence-electron chi connectivity index (χ1n) is 8.04. The molecule has 1 aliphatic heterocycles. The van der Waals surface area contributed by atoms with Crippen molar-refractivity contribution in [3.05, 3.63) is 58.4 Å². The summed E-state index contributed by atoms with van der Waals surface area (Å²) in [7, 11) is -3.25. The molecule has 1 N–H and O–H groups in total. The molecule has 0 bridgehead atoms. The average Bonchev–Trinajstić information content (AvgIpc) is 2.51. The van der Waals surface area contributed by atoms with Crippen molar-refractivity contribution in [2.24, 2.45) is 0 Å². The lowest BCUT2D eigenvalue weighted by Gasteiger charge is -2.27. The van der Waals surface area contributed by atoms with E-state index in [0.717, 1.165) is 27.9 Å². The third-order valence-corrected chi connectivity index (χ3v) is 5.55. The number of fused-ring (bicyclic) bond motifs is 1. The van der Waals surface area contributed by atoms with E-state index in [4.69, 9.17) is 0 Å². The van der Waals surface area contributed by atoms with Crippen molar-refractivity contribution in [3.63, 3.8) is 0 Å². The summed E-state index contributed by atoms with van der Waals surface area (Å²) in [6, 6.07) is 5.87. The smallest absolute Gasteiger partial charge is 0.257 e. The van der Waals surface area contributed by atoms with Crippen LogP contribution in [0.1, 0.15) is 32.6 Å². The van der Waals surface area contributed by atoms with Gasteiger partial charge in [-0.15, -0.1) is 0 Å². The minimum absolute atomic E-state index is 0.220. The Balaban J connectivity index is 1.88. The zero-order valence-corrected chi connectivity index (χ0v) is 15.4. The van der Waals surface area contributed by atoms with E-state index < -0.39 is 10.0 Å². The largest absolute Gasteiger partial charge is 0.322 e. The highest BCUT2D eigenvalue weighted by Gasteiger charge is 2.26. The van der Waals surface area contributed by atoms with Gasteiger partial charge in [0.2, 0.25) is 10.0 Å². The normalized spacial score (nSPS) is 14.8. The summed E-state index contributed by atoms with van der Waals surface area (Å²) in [6.45, 7) is 4.59. The molecule has 0 radical (unpaired) electrons. The van der Waals surface area contributed by atoms with E-state index in [2.05, 4.69) is 10.3 Å². The van der Waals surface area contributed by atoms with Crippen LogP contribution in [0.4, 0.5) is 5.69 Å². The zero-order chi connectivity index (χ0) is 18.2. The fourth-order valence-corrected chi connectivity index (χ4v) is 3.99. The number of hydrogen-bond donors (Lipinski definition) is 1. The van der Waals surface area contributed by atoms with Gasteiger partial charge in [-0.05, 0) is 54.7 Å². The number of pyridine rings is 1. The molecule has 1 aromatic carbocycles.